The molecule has 0 spiro atoms. The van der Waals surface area contributed by atoms with Crippen LogP contribution in [-0.4, -0.2) is 19.8 Å². The van der Waals surface area contributed by atoms with Crippen molar-refractivity contribution in [2.24, 2.45) is 11.8 Å². The molecule has 1 atom stereocenters. The molecule has 0 saturated carbocycles. The maximum atomic E-state index is 12.3. The molecule has 5 heteroatoms. The number of hydrogen-bond acceptors (Lipinski definition) is 3. The van der Waals surface area contributed by atoms with Crippen LogP contribution in [-0.2, 0) is 6.54 Å². The van der Waals surface area contributed by atoms with Gasteiger partial charge in [0.25, 0.3) is 0 Å². The quantitative estimate of drug-likeness (QED) is 0.746. The van der Waals surface area contributed by atoms with Crippen LogP contribution < -0.4 is 14.8 Å². The molecule has 1 N–H and O–H groups in total. The van der Waals surface area contributed by atoms with Gasteiger partial charge in [0.1, 0.15) is 0 Å². The van der Waals surface area contributed by atoms with E-state index in [1.54, 1.807) is 19.1 Å². The average molecular weight is 301 g/mol. The van der Waals surface area contributed by atoms with E-state index in [0.29, 0.717) is 30.7 Å². The summed E-state index contributed by atoms with van der Waals surface area (Å²) in [6.45, 7) is 7.53. The molecule has 1 aromatic rings. The Labute approximate surface area is 125 Å². The Kier molecular flexibility index (Phi) is 7.43. The molecule has 1 unspecified atom stereocenters. The summed E-state index contributed by atoms with van der Waals surface area (Å²) in [6, 6.07) is 5.04. The number of nitrogens with one attached hydrogen (secondary N) is 1. The van der Waals surface area contributed by atoms with Crippen molar-refractivity contribution < 1.29 is 18.3 Å². The molecule has 0 aliphatic rings. The summed E-state index contributed by atoms with van der Waals surface area (Å²) in [5, 5.41) is 3.37. The smallest absolute Gasteiger partial charge is 0.387 e. The summed E-state index contributed by atoms with van der Waals surface area (Å²) < 4.78 is 34.4. The van der Waals surface area contributed by atoms with Crippen LogP contribution in [0.5, 0.6) is 11.5 Å². The van der Waals surface area contributed by atoms with Crippen LogP contribution in [0.3, 0.4) is 0 Å². The Hall–Kier alpha value is -1.36. The van der Waals surface area contributed by atoms with E-state index in [1.165, 1.54) is 6.07 Å². The van der Waals surface area contributed by atoms with Crippen molar-refractivity contribution in [2.75, 3.05) is 13.2 Å². The van der Waals surface area contributed by atoms with Crippen LogP contribution in [0.1, 0.15) is 33.3 Å². The molecule has 21 heavy (non-hydrogen) atoms. The fraction of sp³-hybridized carbons (Fsp3) is 0.625. The zero-order valence-corrected chi connectivity index (χ0v) is 13.2. The van der Waals surface area contributed by atoms with Crippen molar-refractivity contribution in [2.45, 2.75) is 40.9 Å². The molecule has 0 heterocycles. The Morgan fingerprint density at radius 2 is 1.86 bits per heavy atom. The van der Waals surface area contributed by atoms with Gasteiger partial charge in [-0.15, -0.1) is 0 Å². The fourth-order valence-corrected chi connectivity index (χ4v) is 1.80. The highest BCUT2D eigenvalue weighted by Crippen LogP contribution is 2.29. The van der Waals surface area contributed by atoms with Gasteiger partial charge >= 0.3 is 6.61 Å². The van der Waals surface area contributed by atoms with E-state index in [2.05, 4.69) is 30.8 Å². The average Bonchev–Trinajstić information content (AvgIpc) is 2.41. The first kappa shape index (κ1) is 17.7. The van der Waals surface area contributed by atoms with Gasteiger partial charge in [0.15, 0.2) is 11.5 Å². The molecule has 0 saturated heterocycles. The highest BCUT2D eigenvalue weighted by atomic mass is 19.3. The second kappa shape index (κ2) is 8.82. The lowest BCUT2D eigenvalue weighted by Gasteiger charge is -2.17. The third-order valence-corrected chi connectivity index (χ3v) is 3.46. The molecule has 1 aromatic carbocycles. The van der Waals surface area contributed by atoms with Crippen molar-refractivity contribution in [3.05, 3.63) is 23.8 Å². The predicted molar refractivity (Wildman–Crippen MR) is 80.0 cm³/mol. The van der Waals surface area contributed by atoms with Crippen LogP contribution in [0.2, 0.25) is 0 Å². The van der Waals surface area contributed by atoms with Crippen molar-refractivity contribution >= 4 is 0 Å². The molecule has 0 amide bonds. The van der Waals surface area contributed by atoms with Gasteiger partial charge in [0.05, 0.1) is 6.61 Å². The Balaban J connectivity index is 2.65. The number of benzene rings is 1. The highest BCUT2D eigenvalue weighted by molar-refractivity contribution is 5.43. The van der Waals surface area contributed by atoms with Gasteiger partial charge in [-0.05, 0) is 43.0 Å². The second-order valence-corrected chi connectivity index (χ2v) is 5.44. The monoisotopic (exact) mass is 301 g/mol. The maximum Gasteiger partial charge on any atom is 0.387 e. The van der Waals surface area contributed by atoms with E-state index >= 15 is 0 Å². The number of hydrogen-bond donors (Lipinski definition) is 1. The molecule has 1 rings (SSSR count). The summed E-state index contributed by atoms with van der Waals surface area (Å²) in [5.41, 5.74) is 0.982. The Bertz CT molecular complexity index is 425. The summed E-state index contributed by atoms with van der Waals surface area (Å²) in [6.07, 6.45) is 0. The first-order valence-corrected chi connectivity index (χ1v) is 7.35. The summed E-state index contributed by atoms with van der Waals surface area (Å²) in [7, 11) is 0. The van der Waals surface area contributed by atoms with Crippen LogP contribution in [0, 0.1) is 11.8 Å². The van der Waals surface area contributed by atoms with Crippen LogP contribution in [0.4, 0.5) is 8.78 Å². The highest BCUT2D eigenvalue weighted by Gasteiger charge is 2.12. The van der Waals surface area contributed by atoms with Crippen LogP contribution in [0.15, 0.2) is 18.2 Å². The lowest BCUT2D eigenvalue weighted by atomic mass is 9.98. The van der Waals surface area contributed by atoms with Gasteiger partial charge in [-0.3, -0.25) is 0 Å². The van der Waals surface area contributed by atoms with E-state index < -0.39 is 6.61 Å². The third kappa shape index (κ3) is 6.29. The molecule has 0 fully saturated rings. The maximum absolute atomic E-state index is 12.3. The molecule has 0 aromatic heterocycles. The number of halogens is 2. The van der Waals surface area contributed by atoms with Gasteiger partial charge in [0, 0.05) is 6.54 Å². The van der Waals surface area contributed by atoms with Crippen LogP contribution in [0.25, 0.3) is 0 Å². The first-order chi connectivity index (χ1) is 9.93. The molecule has 0 aliphatic heterocycles. The zero-order chi connectivity index (χ0) is 15.8. The molecule has 0 radical (unpaired) electrons. The largest absolute Gasteiger partial charge is 0.490 e. The molecular weight excluding hydrogens is 276 g/mol. The number of alkyl halides is 2. The molecular formula is C16H25F2NO2. The molecule has 0 bridgehead atoms. The normalized spacial score (nSPS) is 12.8. The van der Waals surface area contributed by atoms with Gasteiger partial charge in [0.2, 0.25) is 0 Å². The minimum atomic E-state index is -2.85. The minimum absolute atomic E-state index is 0.0751. The SMILES string of the molecule is CCOc1cc(CNCC(C)C(C)C)ccc1OC(F)F. The van der Waals surface area contributed by atoms with Crippen molar-refractivity contribution in [1.29, 1.82) is 0 Å². The summed E-state index contributed by atoms with van der Waals surface area (Å²) >= 11 is 0. The Morgan fingerprint density at radius 3 is 2.43 bits per heavy atom. The van der Waals surface area contributed by atoms with Gasteiger partial charge in [-0.2, -0.15) is 8.78 Å². The van der Waals surface area contributed by atoms with Gasteiger partial charge in [-0.1, -0.05) is 26.8 Å². The fourth-order valence-electron chi connectivity index (χ4n) is 1.80. The summed E-state index contributed by atoms with van der Waals surface area (Å²) in [4.78, 5) is 0. The minimum Gasteiger partial charge on any atom is -0.490 e. The van der Waals surface area contributed by atoms with Gasteiger partial charge in [-0.25, -0.2) is 0 Å². The zero-order valence-electron chi connectivity index (χ0n) is 13.2. The van der Waals surface area contributed by atoms with E-state index in [-0.39, 0.29) is 5.75 Å². The van der Waals surface area contributed by atoms with Crippen molar-refractivity contribution in [3.8, 4) is 11.5 Å². The van der Waals surface area contributed by atoms with Crippen molar-refractivity contribution in [3.63, 3.8) is 0 Å². The number of ether oxygens (including phenoxy) is 2. The number of rotatable bonds is 9. The third-order valence-electron chi connectivity index (χ3n) is 3.46. The lowest BCUT2D eigenvalue weighted by Crippen LogP contribution is -2.23. The molecule has 3 nitrogen and oxygen atoms in total. The van der Waals surface area contributed by atoms with E-state index in [9.17, 15) is 8.78 Å². The van der Waals surface area contributed by atoms with Crippen LogP contribution >= 0.6 is 0 Å². The van der Waals surface area contributed by atoms with E-state index in [0.717, 1.165) is 12.1 Å². The molecule has 0 aliphatic carbocycles. The first-order valence-electron chi connectivity index (χ1n) is 7.35. The van der Waals surface area contributed by atoms with Gasteiger partial charge < -0.3 is 14.8 Å². The molecule has 120 valence electrons. The summed E-state index contributed by atoms with van der Waals surface area (Å²) in [5.74, 6) is 1.64. The topological polar surface area (TPSA) is 30.5 Å². The standard InChI is InChI=1S/C16H25F2NO2/c1-5-20-15-8-13(6-7-14(15)21-16(17)18)10-19-9-12(4)11(2)3/h6-8,11-12,16,19H,5,9-10H2,1-4H3. The van der Waals surface area contributed by atoms with E-state index in [1.807, 2.05) is 0 Å². The predicted octanol–water partition coefficient (Wildman–Crippen LogP) is 4.07. The lowest BCUT2D eigenvalue weighted by molar-refractivity contribution is -0.0514. The van der Waals surface area contributed by atoms with Crippen molar-refractivity contribution in [1.82, 2.24) is 5.32 Å². The van der Waals surface area contributed by atoms with E-state index in [4.69, 9.17) is 4.74 Å². The Morgan fingerprint density at radius 1 is 1.14 bits per heavy atom. The second-order valence-electron chi connectivity index (χ2n) is 5.44.